The maximum absolute atomic E-state index is 4.30. The van der Waals surface area contributed by atoms with Crippen LogP contribution in [0.4, 0.5) is 0 Å². The lowest BCUT2D eigenvalue weighted by Gasteiger charge is -2.00. The van der Waals surface area contributed by atoms with Crippen LogP contribution in [0.3, 0.4) is 0 Å². The summed E-state index contributed by atoms with van der Waals surface area (Å²) in [4.78, 5) is 7.48. The minimum absolute atomic E-state index is 0.618. The van der Waals surface area contributed by atoms with Crippen LogP contribution in [-0.4, -0.2) is 19.5 Å². The minimum atomic E-state index is 0.618. The molecule has 86 valence electrons. The van der Waals surface area contributed by atoms with E-state index in [1.54, 1.807) is 6.33 Å². The topological polar surface area (TPSA) is 46.5 Å². The van der Waals surface area contributed by atoms with Gasteiger partial charge < -0.3 is 4.98 Å². The first kappa shape index (κ1) is 11.6. The van der Waals surface area contributed by atoms with E-state index in [2.05, 4.69) is 65.3 Å². The Bertz CT molecular complexity index is 678. The number of hydrogen-bond donors (Lipinski definition) is 1. The first-order chi connectivity index (χ1) is 8.29. The molecule has 7 heteroatoms. The molecule has 1 unspecified atom stereocenters. The van der Waals surface area contributed by atoms with Gasteiger partial charge in [0.2, 0.25) is 0 Å². The molecule has 3 aromatic rings. The largest absolute Gasteiger partial charge is 0.344 e. The number of aromatic nitrogens is 4. The molecule has 0 fully saturated rings. The van der Waals surface area contributed by atoms with Crippen molar-refractivity contribution in [1.29, 1.82) is 0 Å². The Morgan fingerprint density at radius 3 is 3.06 bits per heavy atom. The van der Waals surface area contributed by atoms with Crippen LogP contribution in [0, 0.1) is 0 Å². The van der Waals surface area contributed by atoms with E-state index in [0.717, 1.165) is 26.6 Å². The van der Waals surface area contributed by atoms with E-state index in [9.17, 15) is 0 Å². The Kier molecular flexibility index (Phi) is 3.19. The molecule has 0 amide bonds. The molecule has 0 saturated carbocycles. The molecule has 4 nitrogen and oxygen atoms in total. The average molecular weight is 421 g/mol. The van der Waals surface area contributed by atoms with Crippen LogP contribution >= 0.6 is 44.3 Å². The van der Waals surface area contributed by atoms with E-state index in [4.69, 9.17) is 0 Å². The molecule has 0 spiro atoms. The van der Waals surface area contributed by atoms with E-state index < -0.39 is 0 Å². The van der Waals surface area contributed by atoms with Crippen LogP contribution in [0.2, 0.25) is 0 Å². The van der Waals surface area contributed by atoms with Gasteiger partial charge in [-0.05, 0) is 44.0 Å². The van der Waals surface area contributed by atoms with Crippen molar-refractivity contribution in [3.05, 3.63) is 35.3 Å². The number of nitrogens with one attached hydrogen (secondary N) is 1. The number of aromatic amines is 1. The molecular formula is C10H7BrIN4P. The van der Waals surface area contributed by atoms with E-state index in [1.165, 1.54) is 0 Å². The van der Waals surface area contributed by atoms with Crippen molar-refractivity contribution in [2.24, 2.45) is 0 Å². The highest BCUT2D eigenvalue weighted by Gasteiger charge is 2.10. The van der Waals surface area contributed by atoms with Gasteiger partial charge in [-0.2, -0.15) is 5.10 Å². The average Bonchev–Trinajstić information content (AvgIpc) is 2.98. The fourth-order valence-electron chi connectivity index (χ4n) is 1.75. The van der Waals surface area contributed by atoms with Crippen molar-refractivity contribution < 1.29 is 0 Å². The van der Waals surface area contributed by atoms with Crippen molar-refractivity contribution in [2.45, 2.75) is 0 Å². The van der Waals surface area contributed by atoms with Gasteiger partial charge >= 0.3 is 0 Å². The van der Waals surface area contributed by atoms with E-state index in [0.29, 0.717) is 6.37 Å². The van der Waals surface area contributed by atoms with Crippen LogP contribution in [0.15, 0.2) is 35.3 Å². The quantitative estimate of drug-likeness (QED) is 0.503. The zero-order valence-electron chi connectivity index (χ0n) is 8.48. The molecule has 17 heavy (non-hydrogen) atoms. The summed E-state index contributed by atoms with van der Waals surface area (Å²) in [5, 5.41) is 4.30. The van der Waals surface area contributed by atoms with Gasteiger partial charge in [-0.1, -0.05) is 6.07 Å². The van der Waals surface area contributed by atoms with Crippen LogP contribution in [0.25, 0.3) is 22.2 Å². The van der Waals surface area contributed by atoms with Crippen LogP contribution in [0.5, 0.6) is 0 Å². The Labute approximate surface area is 121 Å². The monoisotopic (exact) mass is 420 g/mol. The molecule has 2 heterocycles. The SMILES string of the molecule is Brc1ccc(-c2cnn(PI)c2)c2[nH]cnc12. The Morgan fingerprint density at radius 2 is 2.29 bits per heavy atom. The number of rotatable bonds is 2. The molecule has 2 aromatic heterocycles. The number of imidazole rings is 1. The first-order valence-corrected chi connectivity index (χ1v) is 9.68. The highest BCUT2D eigenvalue weighted by molar-refractivity contribution is 14.2. The van der Waals surface area contributed by atoms with Crippen molar-refractivity contribution in [3.8, 4) is 11.1 Å². The maximum Gasteiger partial charge on any atom is 0.103 e. The second-order valence-corrected chi connectivity index (χ2v) is 6.41. The highest BCUT2D eigenvalue weighted by Crippen LogP contribution is 2.32. The predicted molar refractivity (Wildman–Crippen MR) is 82.7 cm³/mol. The lowest BCUT2D eigenvalue weighted by atomic mass is 10.1. The first-order valence-electron chi connectivity index (χ1n) is 4.83. The molecule has 0 saturated heterocycles. The van der Waals surface area contributed by atoms with Crippen molar-refractivity contribution in [1.82, 2.24) is 19.5 Å². The Hall–Kier alpha value is -0.460. The van der Waals surface area contributed by atoms with Crippen LogP contribution in [0.1, 0.15) is 0 Å². The smallest absolute Gasteiger partial charge is 0.103 e. The van der Waals surface area contributed by atoms with E-state index in [-0.39, 0.29) is 0 Å². The molecule has 1 aromatic carbocycles. The molecule has 0 bridgehead atoms. The summed E-state index contributed by atoms with van der Waals surface area (Å²) >= 11 is 5.81. The summed E-state index contributed by atoms with van der Waals surface area (Å²) in [6.45, 7) is 0. The molecule has 3 rings (SSSR count). The van der Waals surface area contributed by atoms with Gasteiger partial charge in [-0.15, -0.1) is 0 Å². The molecule has 0 radical (unpaired) electrons. The Morgan fingerprint density at radius 1 is 1.41 bits per heavy atom. The second kappa shape index (κ2) is 4.66. The van der Waals surface area contributed by atoms with Gasteiger partial charge in [0, 0.05) is 21.8 Å². The third-order valence-electron chi connectivity index (χ3n) is 2.51. The summed E-state index contributed by atoms with van der Waals surface area (Å²) in [5.74, 6) is 0. The summed E-state index contributed by atoms with van der Waals surface area (Å²) < 4.78 is 2.93. The second-order valence-electron chi connectivity index (χ2n) is 3.48. The molecular weight excluding hydrogens is 414 g/mol. The molecule has 0 aliphatic carbocycles. The third kappa shape index (κ3) is 2.02. The summed E-state index contributed by atoms with van der Waals surface area (Å²) in [6, 6.07) is 4.09. The van der Waals surface area contributed by atoms with Gasteiger partial charge in [-0.3, -0.25) is 0 Å². The van der Waals surface area contributed by atoms with Gasteiger partial charge in [0.25, 0.3) is 0 Å². The van der Waals surface area contributed by atoms with Crippen LogP contribution < -0.4 is 0 Å². The molecule has 1 N–H and O–H groups in total. The number of nitrogens with zero attached hydrogens (tertiary/aromatic N) is 3. The van der Waals surface area contributed by atoms with Gasteiger partial charge in [-0.25, -0.2) is 9.44 Å². The number of benzene rings is 1. The number of H-pyrrole nitrogens is 1. The standard InChI is InChI=1S/C10H7BrIN4P/c11-8-2-1-7(9-10(8)14-5-13-9)6-3-15-16(4-6)17-12/h1-5,17H,(H,13,14). The zero-order valence-corrected chi connectivity index (χ0v) is 13.2. The Balaban J connectivity index is 2.23. The normalized spacial score (nSPS) is 11.9. The lowest BCUT2D eigenvalue weighted by molar-refractivity contribution is 1.01. The maximum atomic E-state index is 4.30. The van der Waals surface area contributed by atoms with E-state index >= 15 is 0 Å². The summed E-state index contributed by atoms with van der Waals surface area (Å²) in [7, 11) is 0. The van der Waals surface area contributed by atoms with Crippen molar-refractivity contribution in [2.75, 3.05) is 0 Å². The lowest BCUT2D eigenvalue weighted by Crippen LogP contribution is -1.80. The van der Waals surface area contributed by atoms with Crippen LogP contribution in [-0.2, 0) is 0 Å². The van der Waals surface area contributed by atoms with Gasteiger partial charge in [0.1, 0.15) is 5.52 Å². The van der Waals surface area contributed by atoms with Gasteiger partial charge in [0.05, 0.1) is 24.4 Å². The fourth-order valence-corrected chi connectivity index (χ4v) is 3.26. The predicted octanol–water partition coefficient (Wildman–Crippen LogP) is 3.98. The molecule has 0 aliphatic heterocycles. The number of hydrogen-bond acceptors (Lipinski definition) is 2. The fraction of sp³-hybridized carbons (Fsp3) is 0. The summed E-state index contributed by atoms with van der Waals surface area (Å²) in [6.07, 6.45) is 6.26. The zero-order chi connectivity index (χ0) is 11.8. The highest BCUT2D eigenvalue weighted by atomic mass is 127. The third-order valence-corrected chi connectivity index (χ3v) is 5.05. The molecule has 0 aliphatic rings. The number of halogens is 2. The summed E-state index contributed by atoms with van der Waals surface area (Å²) in [5.41, 5.74) is 4.22. The number of fused-ring (bicyclic) bond motifs is 1. The van der Waals surface area contributed by atoms with E-state index in [1.807, 2.05) is 16.7 Å². The molecule has 1 atom stereocenters. The van der Waals surface area contributed by atoms with Crippen molar-refractivity contribution >= 4 is 55.4 Å². The van der Waals surface area contributed by atoms with Gasteiger partial charge in [0.15, 0.2) is 0 Å². The van der Waals surface area contributed by atoms with Crippen molar-refractivity contribution in [3.63, 3.8) is 0 Å². The minimum Gasteiger partial charge on any atom is -0.344 e.